The first-order valence-electron chi connectivity index (χ1n) is 6.67. The Kier molecular flexibility index (Phi) is 5.04. The smallest absolute Gasteiger partial charge is 0.314 e. The van der Waals surface area contributed by atoms with Gasteiger partial charge in [-0.2, -0.15) is 0 Å². The fourth-order valence-corrected chi connectivity index (χ4v) is 1.85. The van der Waals surface area contributed by atoms with Crippen molar-refractivity contribution in [3.63, 3.8) is 0 Å². The molecule has 21 heavy (non-hydrogen) atoms. The predicted molar refractivity (Wildman–Crippen MR) is 81.5 cm³/mol. The molecule has 5 nitrogen and oxygen atoms in total. The van der Waals surface area contributed by atoms with Gasteiger partial charge in [-0.15, -0.1) is 0 Å². The summed E-state index contributed by atoms with van der Waals surface area (Å²) in [5, 5.41) is 14.6. The zero-order valence-corrected chi connectivity index (χ0v) is 11.8. The van der Waals surface area contributed by atoms with Gasteiger partial charge < -0.3 is 20.5 Å². The van der Waals surface area contributed by atoms with Gasteiger partial charge >= 0.3 is 6.03 Å². The Hall–Kier alpha value is -2.69. The van der Waals surface area contributed by atoms with Crippen LogP contribution in [0.25, 0.3) is 11.1 Å². The molecule has 0 aliphatic heterocycles. The molecule has 0 unspecified atom stereocenters. The highest BCUT2D eigenvalue weighted by Gasteiger charge is 2.00. The number of aromatic hydroxyl groups is 1. The maximum atomic E-state index is 11.0. The Morgan fingerprint density at radius 3 is 2.57 bits per heavy atom. The van der Waals surface area contributed by atoms with Gasteiger partial charge in [0.15, 0.2) is 0 Å². The summed E-state index contributed by atoms with van der Waals surface area (Å²) in [6.07, 6.45) is 0. The molecule has 0 spiro atoms. The molecule has 2 rings (SSSR count). The minimum Gasteiger partial charge on any atom is -0.508 e. The second-order valence-electron chi connectivity index (χ2n) is 4.43. The van der Waals surface area contributed by atoms with Crippen LogP contribution < -0.4 is 15.4 Å². The van der Waals surface area contributed by atoms with E-state index in [1.165, 1.54) is 0 Å². The highest BCUT2D eigenvalue weighted by atomic mass is 16.5. The first-order valence-corrected chi connectivity index (χ1v) is 6.67. The lowest BCUT2D eigenvalue weighted by atomic mass is 10.1. The number of hydrogen-bond acceptors (Lipinski definition) is 3. The van der Waals surface area contributed by atoms with Crippen molar-refractivity contribution in [2.75, 3.05) is 20.2 Å². The summed E-state index contributed by atoms with van der Waals surface area (Å²) in [6, 6.07) is 14.4. The van der Waals surface area contributed by atoms with Crippen molar-refractivity contribution in [1.82, 2.24) is 10.6 Å². The number of carbonyl (C=O) groups is 1. The molecule has 3 N–H and O–H groups in total. The van der Waals surface area contributed by atoms with E-state index in [4.69, 9.17) is 4.74 Å². The topological polar surface area (TPSA) is 70.6 Å². The van der Waals surface area contributed by atoms with Crippen molar-refractivity contribution in [3.8, 4) is 22.6 Å². The Bertz CT molecular complexity index is 597. The van der Waals surface area contributed by atoms with E-state index in [-0.39, 0.29) is 11.8 Å². The predicted octanol–water partition coefficient (Wildman–Crippen LogP) is 2.37. The van der Waals surface area contributed by atoms with Gasteiger partial charge in [-0.3, -0.25) is 0 Å². The number of hydrogen-bond donors (Lipinski definition) is 3. The minimum atomic E-state index is -0.224. The van der Waals surface area contributed by atoms with Crippen LogP contribution in [0.2, 0.25) is 0 Å². The molecule has 0 bridgehead atoms. The number of phenols is 1. The maximum absolute atomic E-state index is 11.0. The average Bonchev–Trinajstić information content (AvgIpc) is 2.52. The van der Waals surface area contributed by atoms with E-state index in [9.17, 15) is 9.90 Å². The lowest BCUT2D eigenvalue weighted by Gasteiger charge is -2.08. The molecule has 2 aromatic carbocycles. The lowest BCUT2D eigenvalue weighted by molar-refractivity contribution is 0.238. The molecule has 0 aliphatic carbocycles. The zero-order valence-electron chi connectivity index (χ0n) is 11.8. The first-order chi connectivity index (χ1) is 10.2. The van der Waals surface area contributed by atoms with Crippen LogP contribution in [0.1, 0.15) is 0 Å². The third-order valence-corrected chi connectivity index (χ3v) is 2.92. The molecule has 0 aromatic heterocycles. The Balaban J connectivity index is 1.89. The number of ether oxygens (including phenoxy) is 1. The van der Waals surface area contributed by atoms with Gasteiger partial charge in [0.25, 0.3) is 0 Å². The van der Waals surface area contributed by atoms with Crippen molar-refractivity contribution in [2.45, 2.75) is 0 Å². The van der Waals surface area contributed by atoms with Gasteiger partial charge in [0.1, 0.15) is 18.1 Å². The molecule has 110 valence electrons. The van der Waals surface area contributed by atoms with Crippen molar-refractivity contribution in [3.05, 3.63) is 48.5 Å². The van der Waals surface area contributed by atoms with Gasteiger partial charge in [-0.1, -0.05) is 24.3 Å². The summed E-state index contributed by atoms with van der Waals surface area (Å²) in [5.74, 6) is 0.978. The van der Waals surface area contributed by atoms with Crippen molar-refractivity contribution in [2.24, 2.45) is 0 Å². The molecule has 5 heteroatoms. The molecular formula is C16H18N2O3. The van der Waals surface area contributed by atoms with Crippen molar-refractivity contribution < 1.29 is 14.6 Å². The van der Waals surface area contributed by atoms with Crippen LogP contribution in [0.3, 0.4) is 0 Å². The summed E-state index contributed by atoms with van der Waals surface area (Å²) in [4.78, 5) is 11.0. The van der Waals surface area contributed by atoms with E-state index in [2.05, 4.69) is 10.6 Å². The van der Waals surface area contributed by atoms with E-state index in [1.807, 2.05) is 30.3 Å². The summed E-state index contributed by atoms with van der Waals surface area (Å²) in [5.41, 5.74) is 1.95. The molecule has 2 aromatic rings. The number of rotatable bonds is 5. The number of nitrogens with one attached hydrogen (secondary N) is 2. The lowest BCUT2D eigenvalue weighted by Crippen LogP contribution is -2.35. The quantitative estimate of drug-likeness (QED) is 0.739. The summed E-state index contributed by atoms with van der Waals surface area (Å²) < 4.78 is 5.52. The van der Waals surface area contributed by atoms with Crippen LogP contribution in [0.15, 0.2) is 48.5 Å². The van der Waals surface area contributed by atoms with Crippen LogP contribution in [-0.4, -0.2) is 31.3 Å². The molecule has 0 saturated heterocycles. The second-order valence-corrected chi connectivity index (χ2v) is 4.43. The van der Waals surface area contributed by atoms with Gasteiger partial charge in [0.2, 0.25) is 0 Å². The van der Waals surface area contributed by atoms with E-state index in [0.29, 0.717) is 13.2 Å². The standard InChI is InChI=1S/C16H18N2O3/c1-17-16(20)18-9-10-21-15-7-5-12(6-8-15)13-3-2-4-14(19)11-13/h2-8,11,19H,9-10H2,1H3,(H2,17,18,20). The second kappa shape index (κ2) is 7.19. The Morgan fingerprint density at radius 2 is 1.90 bits per heavy atom. The minimum absolute atomic E-state index is 0.224. The molecule has 0 heterocycles. The number of amides is 2. The molecule has 2 amide bonds. The Labute approximate surface area is 123 Å². The van der Waals surface area contributed by atoms with Gasteiger partial charge in [-0.05, 0) is 35.4 Å². The summed E-state index contributed by atoms with van der Waals surface area (Å²) >= 11 is 0. The highest BCUT2D eigenvalue weighted by molar-refractivity contribution is 5.73. The third kappa shape index (κ3) is 4.42. The molecule has 0 atom stereocenters. The molecule has 0 aliphatic rings. The van der Waals surface area contributed by atoms with E-state index in [1.54, 1.807) is 25.2 Å². The van der Waals surface area contributed by atoms with Gasteiger partial charge in [-0.25, -0.2) is 4.79 Å². The van der Waals surface area contributed by atoms with Crippen LogP contribution in [0, 0.1) is 0 Å². The van der Waals surface area contributed by atoms with Crippen LogP contribution in [0.5, 0.6) is 11.5 Å². The highest BCUT2D eigenvalue weighted by Crippen LogP contribution is 2.25. The Morgan fingerprint density at radius 1 is 1.14 bits per heavy atom. The molecule has 0 radical (unpaired) electrons. The normalized spacial score (nSPS) is 9.95. The van der Waals surface area contributed by atoms with Crippen LogP contribution in [0.4, 0.5) is 4.79 Å². The maximum Gasteiger partial charge on any atom is 0.314 e. The van der Waals surface area contributed by atoms with Crippen LogP contribution in [-0.2, 0) is 0 Å². The summed E-state index contributed by atoms with van der Waals surface area (Å²) in [7, 11) is 1.57. The van der Waals surface area contributed by atoms with Gasteiger partial charge in [0.05, 0.1) is 6.54 Å². The SMILES string of the molecule is CNC(=O)NCCOc1ccc(-c2cccc(O)c2)cc1. The fourth-order valence-electron chi connectivity index (χ4n) is 1.85. The molecule has 0 saturated carbocycles. The van der Waals surface area contributed by atoms with Gasteiger partial charge in [0, 0.05) is 7.05 Å². The monoisotopic (exact) mass is 286 g/mol. The zero-order chi connectivity index (χ0) is 15.1. The number of urea groups is 1. The fraction of sp³-hybridized carbons (Fsp3) is 0.188. The molecular weight excluding hydrogens is 268 g/mol. The average molecular weight is 286 g/mol. The number of benzene rings is 2. The van der Waals surface area contributed by atoms with E-state index < -0.39 is 0 Å². The van der Waals surface area contributed by atoms with Crippen molar-refractivity contribution >= 4 is 6.03 Å². The van der Waals surface area contributed by atoms with Crippen LogP contribution >= 0.6 is 0 Å². The van der Waals surface area contributed by atoms with Crippen molar-refractivity contribution in [1.29, 1.82) is 0 Å². The van der Waals surface area contributed by atoms with E-state index in [0.717, 1.165) is 16.9 Å². The van der Waals surface area contributed by atoms with E-state index >= 15 is 0 Å². The number of carbonyl (C=O) groups excluding carboxylic acids is 1. The molecule has 0 fully saturated rings. The first kappa shape index (κ1) is 14.7. The summed E-state index contributed by atoms with van der Waals surface area (Å²) in [6.45, 7) is 0.840. The third-order valence-electron chi connectivity index (χ3n) is 2.92. The largest absolute Gasteiger partial charge is 0.508 e. The number of phenolic OH excluding ortho intramolecular Hbond substituents is 1.